The summed E-state index contributed by atoms with van der Waals surface area (Å²) in [6.07, 6.45) is -3.20. The number of aromatic nitrogens is 1. The van der Waals surface area contributed by atoms with Crippen molar-refractivity contribution < 1.29 is 22.8 Å². The molecule has 154 valence electrons. The summed E-state index contributed by atoms with van der Waals surface area (Å²) in [5.41, 5.74) is -0.694. The van der Waals surface area contributed by atoms with Crippen LogP contribution in [0, 0.1) is 0 Å². The molecule has 0 atom stereocenters. The molecule has 3 N–H and O–H groups in total. The van der Waals surface area contributed by atoms with E-state index < -0.39 is 29.4 Å². The van der Waals surface area contributed by atoms with Crippen LogP contribution in [0.25, 0.3) is 0 Å². The maximum Gasteiger partial charge on any atom is 0.418 e. The van der Waals surface area contributed by atoms with Gasteiger partial charge in [0.1, 0.15) is 0 Å². The van der Waals surface area contributed by atoms with Gasteiger partial charge in [-0.3, -0.25) is 9.78 Å². The molecule has 1 aromatic heterocycles. The number of hydrogen-bond acceptors (Lipinski definition) is 3. The van der Waals surface area contributed by atoms with E-state index in [2.05, 4.69) is 20.9 Å². The van der Waals surface area contributed by atoms with Crippen molar-refractivity contribution >= 4 is 23.3 Å². The van der Waals surface area contributed by atoms with Crippen molar-refractivity contribution in [3.8, 4) is 0 Å². The van der Waals surface area contributed by atoms with Crippen molar-refractivity contribution in [2.45, 2.75) is 12.7 Å². The van der Waals surface area contributed by atoms with Gasteiger partial charge in [-0.15, -0.1) is 0 Å². The Kier molecular flexibility index (Phi) is 6.31. The van der Waals surface area contributed by atoms with E-state index in [4.69, 9.17) is 0 Å². The maximum absolute atomic E-state index is 13.5. The molecule has 0 aliphatic rings. The fourth-order valence-corrected chi connectivity index (χ4v) is 2.60. The van der Waals surface area contributed by atoms with Crippen LogP contribution in [0.1, 0.15) is 21.6 Å². The fraction of sp³-hybridized carbons (Fsp3) is 0.0952. The molecule has 0 aliphatic carbocycles. The second-order valence-electron chi connectivity index (χ2n) is 6.21. The number of carbonyl (C=O) groups is 2. The summed E-state index contributed by atoms with van der Waals surface area (Å²) >= 11 is 0. The van der Waals surface area contributed by atoms with Crippen LogP contribution in [-0.2, 0) is 12.7 Å². The van der Waals surface area contributed by atoms with Crippen molar-refractivity contribution in [1.29, 1.82) is 0 Å². The predicted molar refractivity (Wildman–Crippen MR) is 106 cm³/mol. The Hall–Kier alpha value is -3.88. The summed E-state index contributed by atoms with van der Waals surface area (Å²) in [6.45, 7) is 0.0548. The number of rotatable bonds is 5. The van der Waals surface area contributed by atoms with E-state index >= 15 is 0 Å². The molecule has 0 spiro atoms. The summed E-state index contributed by atoms with van der Waals surface area (Å²) in [5, 5.41) is 7.06. The van der Waals surface area contributed by atoms with E-state index in [0.29, 0.717) is 11.3 Å². The number of benzene rings is 2. The number of anilines is 2. The van der Waals surface area contributed by atoms with Crippen LogP contribution in [0.5, 0.6) is 0 Å². The highest BCUT2D eigenvalue weighted by Gasteiger charge is 2.34. The van der Waals surface area contributed by atoms with Gasteiger partial charge >= 0.3 is 12.2 Å². The molecule has 2 aromatic carbocycles. The molecule has 1 heterocycles. The molecule has 6 nitrogen and oxygen atoms in total. The smallest absolute Gasteiger partial charge is 0.332 e. The van der Waals surface area contributed by atoms with Crippen molar-refractivity contribution in [2.75, 3.05) is 10.6 Å². The lowest BCUT2D eigenvalue weighted by molar-refractivity contribution is -0.136. The normalized spacial score (nSPS) is 10.9. The number of pyridine rings is 1. The lowest BCUT2D eigenvalue weighted by Gasteiger charge is -2.16. The fourth-order valence-electron chi connectivity index (χ4n) is 2.60. The highest BCUT2D eigenvalue weighted by molar-refractivity contribution is 6.04. The topological polar surface area (TPSA) is 83.1 Å². The second-order valence-corrected chi connectivity index (χ2v) is 6.21. The molecule has 9 heteroatoms. The van der Waals surface area contributed by atoms with E-state index in [0.717, 1.165) is 12.1 Å². The van der Waals surface area contributed by atoms with Crippen LogP contribution in [-0.4, -0.2) is 16.9 Å². The Labute approximate surface area is 170 Å². The molecule has 3 rings (SSSR count). The third kappa shape index (κ3) is 5.57. The third-order valence-corrected chi connectivity index (χ3v) is 4.02. The van der Waals surface area contributed by atoms with Crippen molar-refractivity contribution in [3.63, 3.8) is 0 Å². The molecule has 30 heavy (non-hydrogen) atoms. The first-order valence-electron chi connectivity index (χ1n) is 8.85. The molecule has 0 radical (unpaired) electrons. The molecular weight excluding hydrogens is 397 g/mol. The number of nitrogens with one attached hydrogen (secondary N) is 3. The van der Waals surface area contributed by atoms with Crippen molar-refractivity contribution in [3.05, 3.63) is 89.7 Å². The zero-order chi connectivity index (χ0) is 21.6. The second kappa shape index (κ2) is 9.08. The van der Waals surface area contributed by atoms with Crippen molar-refractivity contribution in [1.82, 2.24) is 10.3 Å². The minimum atomic E-state index is -4.74. The molecule has 3 amide bonds. The highest BCUT2D eigenvalue weighted by Crippen LogP contribution is 2.36. The summed E-state index contributed by atoms with van der Waals surface area (Å²) in [5.74, 6) is -0.544. The van der Waals surface area contributed by atoms with E-state index in [1.807, 2.05) is 0 Å². The standard InChI is InChI=1S/C21H17F3N4O2/c22-21(23,24)17-12-15(27-19(29)14-6-2-1-3-7-14)9-10-18(17)28-20(30)26-13-16-8-4-5-11-25-16/h1-12H,13H2,(H,27,29)(H2,26,28,30). The number of hydrogen-bond donors (Lipinski definition) is 3. The Bertz CT molecular complexity index is 1030. The molecule has 0 aliphatic heterocycles. The Morgan fingerprint density at radius 3 is 2.30 bits per heavy atom. The van der Waals surface area contributed by atoms with Crippen LogP contribution in [0.2, 0.25) is 0 Å². The zero-order valence-electron chi connectivity index (χ0n) is 15.5. The monoisotopic (exact) mass is 414 g/mol. The maximum atomic E-state index is 13.5. The number of halogens is 3. The molecule has 0 saturated heterocycles. The number of amides is 3. The van der Waals surface area contributed by atoms with Gasteiger partial charge in [-0.2, -0.15) is 13.2 Å². The third-order valence-electron chi connectivity index (χ3n) is 4.02. The van der Waals surface area contributed by atoms with Gasteiger partial charge in [-0.05, 0) is 42.5 Å². The van der Waals surface area contributed by atoms with Gasteiger partial charge in [-0.1, -0.05) is 24.3 Å². The SMILES string of the molecule is O=C(NCc1ccccn1)Nc1ccc(NC(=O)c2ccccc2)cc1C(F)(F)F. The summed E-state index contributed by atoms with van der Waals surface area (Å²) in [7, 11) is 0. The first-order valence-corrected chi connectivity index (χ1v) is 8.85. The van der Waals surface area contributed by atoms with Gasteiger partial charge in [0.2, 0.25) is 0 Å². The Morgan fingerprint density at radius 1 is 0.900 bits per heavy atom. The quantitative estimate of drug-likeness (QED) is 0.567. The number of alkyl halides is 3. The van der Waals surface area contributed by atoms with Gasteiger partial charge in [0.05, 0.1) is 23.5 Å². The lowest BCUT2D eigenvalue weighted by atomic mass is 10.1. The van der Waals surface area contributed by atoms with Crippen LogP contribution in [0.15, 0.2) is 72.9 Å². The summed E-state index contributed by atoms with van der Waals surface area (Å²) in [6, 6.07) is 15.5. The van der Waals surface area contributed by atoms with E-state index in [-0.39, 0.29) is 12.2 Å². The highest BCUT2D eigenvalue weighted by atomic mass is 19.4. The first kappa shape index (κ1) is 20.8. The Morgan fingerprint density at radius 2 is 1.63 bits per heavy atom. The van der Waals surface area contributed by atoms with Gasteiger partial charge in [-0.25, -0.2) is 4.79 Å². The van der Waals surface area contributed by atoms with Crippen LogP contribution < -0.4 is 16.0 Å². The number of carbonyl (C=O) groups excluding carboxylic acids is 2. The van der Waals surface area contributed by atoms with E-state index in [1.165, 1.54) is 6.07 Å². The number of nitrogens with zero attached hydrogens (tertiary/aromatic N) is 1. The van der Waals surface area contributed by atoms with Crippen LogP contribution in [0.3, 0.4) is 0 Å². The Balaban J connectivity index is 1.73. The molecule has 0 saturated carbocycles. The lowest BCUT2D eigenvalue weighted by Crippen LogP contribution is -2.29. The van der Waals surface area contributed by atoms with Crippen molar-refractivity contribution in [2.24, 2.45) is 0 Å². The van der Waals surface area contributed by atoms with Gasteiger partial charge in [0.25, 0.3) is 5.91 Å². The molecule has 0 fully saturated rings. The minimum absolute atomic E-state index is 0.0457. The predicted octanol–water partition coefficient (Wildman–Crippen LogP) is 4.67. The largest absolute Gasteiger partial charge is 0.418 e. The van der Waals surface area contributed by atoms with Gasteiger partial charge in [0, 0.05) is 17.4 Å². The zero-order valence-corrected chi connectivity index (χ0v) is 15.5. The van der Waals surface area contributed by atoms with Crippen LogP contribution in [0.4, 0.5) is 29.3 Å². The van der Waals surface area contributed by atoms with Crippen LogP contribution >= 0.6 is 0 Å². The average molecular weight is 414 g/mol. The first-order chi connectivity index (χ1) is 14.3. The molecule has 0 bridgehead atoms. The van der Waals surface area contributed by atoms with Gasteiger partial charge in [0.15, 0.2) is 0 Å². The number of urea groups is 1. The molecular formula is C21H17F3N4O2. The molecule has 0 unspecified atom stereocenters. The van der Waals surface area contributed by atoms with E-state index in [1.54, 1.807) is 54.7 Å². The summed E-state index contributed by atoms with van der Waals surface area (Å²) in [4.78, 5) is 28.2. The summed E-state index contributed by atoms with van der Waals surface area (Å²) < 4.78 is 40.5. The van der Waals surface area contributed by atoms with Gasteiger partial charge < -0.3 is 16.0 Å². The minimum Gasteiger partial charge on any atom is -0.332 e. The average Bonchev–Trinajstić information content (AvgIpc) is 2.74. The molecule has 3 aromatic rings. The van der Waals surface area contributed by atoms with E-state index in [9.17, 15) is 22.8 Å².